The van der Waals surface area contributed by atoms with E-state index in [1.165, 1.54) is 10.9 Å². The molecule has 0 fully saturated rings. The van der Waals surface area contributed by atoms with E-state index in [0.717, 1.165) is 0 Å². The minimum Gasteiger partial charge on any atom is -0.321 e. The fourth-order valence-electron chi connectivity index (χ4n) is 2.54. The topological polar surface area (TPSA) is 93.8 Å². The molecule has 0 atom stereocenters. The zero-order valence-electron chi connectivity index (χ0n) is 15.8. The van der Waals surface area contributed by atoms with Crippen LogP contribution in [-0.4, -0.2) is 31.4 Å². The average molecular weight is 401 g/mol. The van der Waals surface area contributed by atoms with Gasteiger partial charge in [0.05, 0.1) is 16.9 Å². The molecule has 0 bridgehead atoms. The molecule has 146 valence electrons. The summed E-state index contributed by atoms with van der Waals surface area (Å²) in [5.74, 6) is -0.759. The summed E-state index contributed by atoms with van der Waals surface area (Å²) in [4.78, 5) is 25.6. The maximum Gasteiger partial charge on any atom is 0.278 e. The Hall–Kier alpha value is -3.13. The Balaban J connectivity index is 1.84. The van der Waals surface area contributed by atoms with Gasteiger partial charge in [0.15, 0.2) is 5.69 Å². The molecule has 2 N–H and O–H groups in total. The molecular weight excluding hydrogens is 380 g/mol. The maximum absolute atomic E-state index is 12.9. The summed E-state index contributed by atoms with van der Waals surface area (Å²) in [6.45, 7) is 5.87. The first kappa shape index (κ1) is 19.6. The number of hydrogen-bond acceptors (Lipinski definition) is 4. The first-order valence-corrected chi connectivity index (χ1v) is 9.15. The van der Waals surface area contributed by atoms with Crippen molar-refractivity contribution in [2.75, 3.05) is 10.6 Å². The Morgan fingerprint density at radius 1 is 1.14 bits per heavy atom. The molecule has 0 unspecified atom stereocenters. The van der Waals surface area contributed by atoms with E-state index in [-0.39, 0.29) is 11.6 Å². The third kappa shape index (κ3) is 4.07. The molecular formula is C19H21ClN6O2. The molecule has 0 saturated carbocycles. The number of benzene rings is 1. The van der Waals surface area contributed by atoms with Crippen LogP contribution in [0.4, 0.5) is 11.4 Å². The van der Waals surface area contributed by atoms with Crippen molar-refractivity contribution in [2.45, 2.75) is 32.9 Å². The summed E-state index contributed by atoms with van der Waals surface area (Å²) in [5, 5.41) is 14.4. The van der Waals surface area contributed by atoms with Crippen LogP contribution >= 0.6 is 11.6 Å². The normalized spacial score (nSPS) is 11.3. The van der Waals surface area contributed by atoms with Crippen LogP contribution in [0, 0.1) is 0 Å². The van der Waals surface area contributed by atoms with Crippen LogP contribution in [0.3, 0.4) is 0 Å². The smallest absolute Gasteiger partial charge is 0.278 e. The van der Waals surface area contributed by atoms with Gasteiger partial charge in [-0.25, -0.2) is 0 Å². The number of nitrogens with zero attached hydrogens (tertiary/aromatic N) is 4. The van der Waals surface area contributed by atoms with Gasteiger partial charge in [-0.05, 0) is 32.9 Å². The van der Waals surface area contributed by atoms with Gasteiger partial charge in [-0.2, -0.15) is 10.2 Å². The molecule has 9 heteroatoms. The minimum absolute atomic E-state index is 0.133. The van der Waals surface area contributed by atoms with Crippen molar-refractivity contribution in [1.29, 1.82) is 0 Å². The molecule has 3 aromatic rings. The number of nitrogens with one attached hydrogen (secondary N) is 2. The van der Waals surface area contributed by atoms with Crippen LogP contribution in [0.25, 0.3) is 0 Å². The Labute approximate surface area is 167 Å². The standard InChI is InChI=1S/C19H21ClN6O2/c1-4-25-12-15(16(24-25)17(27)22-14-8-6-5-7-9-14)23-18(28)19(2,3)26-11-13(20)10-21-26/h5-12H,4H2,1-3H3,(H,22,27)(H,23,28). The Morgan fingerprint density at radius 2 is 1.86 bits per heavy atom. The van der Waals surface area contributed by atoms with Gasteiger partial charge in [0.25, 0.3) is 11.8 Å². The number of para-hydroxylation sites is 1. The van der Waals surface area contributed by atoms with Crippen molar-refractivity contribution < 1.29 is 9.59 Å². The highest BCUT2D eigenvalue weighted by atomic mass is 35.5. The summed E-state index contributed by atoms with van der Waals surface area (Å²) < 4.78 is 3.06. The molecule has 2 heterocycles. The number of carbonyl (C=O) groups excluding carboxylic acids is 2. The van der Waals surface area contributed by atoms with E-state index < -0.39 is 11.4 Å². The number of hydrogen-bond donors (Lipinski definition) is 2. The molecule has 28 heavy (non-hydrogen) atoms. The number of amides is 2. The molecule has 2 amide bonds. The molecule has 2 aromatic heterocycles. The average Bonchev–Trinajstić information content (AvgIpc) is 3.29. The van der Waals surface area contributed by atoms with Gasteiger partial charge in [0, 0.05) is 24.6 Å². The lowest BCUT2D eigenvalue weighted by atomic mass is 10.0. The summed E-state index contributed by atoms with van der Waals surface area (Å²) in [6, 6.07) is 9.05. The van der Waals surface area contributed by atoms with Gasteiger partial charge < -0.3 is 10.6 Å². The van der Waals surface area contributed by atoms with Crippen molar-refractivity contribution >= 4 is 34.8 Å². The van der Waals surface area contributed by atoms with E-state index >= 15 is 0 Å². The number of carbonyl (C=O) groups is 2. The Morgan fingerprint density at radius 3 is 2.46 bits per heavy atom. The highest BCUT2D eigenvalue weighted by Gasteiger charge is 2.32. The summed E-state index contributed by atoms with van der Waals surface area (Å²) in [7, 11) is 0. The second kappa shape index (κ2) is 7.85. The second-order valence-electron chi connectivity index (χ2n) is 6.68. The molecule has 8 nitrogen and oxygen atoms in total. The predicted molar refractivity (Wildman–Crippen MR) is 107 cm³/mol. The van der Waals surface area contributed by atoms with E-state index in [0.29, 0.717) is 22.9 Å². The first-order chi connectivity index (χ1) is 13.3. The third-order valence-corrected chi connectivity index (χ3v) is 4.46. The molecule has 0 aliphatic rings. The predicted octanol–water partition coefficient (Wildman–Crippen LogP) is 3.38. The van der Waals surface area contributed by atoms with E-state index in [1.54, 1.807) is 43.1 Å². The lowest BCUT2D eigenvalue weighted by Gasteiger charge is -2.24. The largest absolute Gasteiger partial charge is 0.321 e. The molecule has 0 saturated heterocycles. The van der Waals surface area contributed by atoms with Crippen LogP contribution < -0.4 is 10.6 Å². The van der Waals surface area contributed by atoms with E-state index in [1.807, 2.05) is 25.1 Å². The van der Waals surface area contributed by atoms with E-state index in [2.05, 4.69) is 20.8 Å². The van der Waals surface area contributed by atoms with Crippen LogP contribution in [0.5, 0.6) is 0 Å². The number of aromatic nitrogens is 4. The third-order valence-electron chi connectivity index (χ3n) is 4.26. The van der Waals surface area contributed by atoms with Gasteiger partial charge in [0.1, 0.15) is 5.54 Å². The monoisotopic (exact) mass is 400 g/mol. The number of anilines is 2. The Kier molecular flexibility index (Phi) is 5.51. The maximum atomic E-state index is 12.9. The fourth-order valence-corrected chi connectivity index (χ4v) is 2.68. The van der Waals surface area contributed by atoms with Crippen LogP contribution in [-0.2, 0) is 16.9 Å². The lowest BCUT2D eigenvalue weighted by Crippen LogP contribution is -2.40. The van der Waals surface area contributed by atoms with Crippen molar-refractivity contribution in [1.82, 2.24) is 19.6 Å². The SMILES string of the molecule is CCn1cc(NC(=O)C(C)(C)n2cc(Cl)cn2)c(C(=O)Nc2ccccc2)n1. The van der Waals surface area contributed by atoms with Crippen LogP contribution in [0.2, 0.25) is 5.02 Å². The molecule has 0 radical (unpaired) electrons. The molecule has 0 aliphatic heterocycles. The fraction of sp³-hybridized carbons (Fsp3) is 0.263. The van der Waals surface area contributed by atoms with Crippen molar-refractivity contribution in [3.8, 4) is 0 Å². The molecule has 0 aliphatic carbocycles. The Bertz CT molecular complexity index is 993. The summed E-state index contributed by atoms with van der Waals surface area (Å²) in [5.41, 5.74) is 0.0801. The van der Waals surface area contributed by atoms with Crippen molar-refractivity contribution in [3.05, 3.63) is 59.6 Å². The highest BCUT2D eigenvalue weighted by molar-refractivity contribution is 6.30. The first-order valence-electron chi connectivity index (χ1n) is 8.77. The minimum atomic E-state index is -1.02. The lowest BCUT2D eigenvalue weighted by molar-refractivity contribution is -0.123. The van der Waals surface area contributed by atoms with Gasteiger partial charge in [0.2, 0.25) is 0 Å². The number of aryl methyl sites for hydroxylation is 1. The van der Waals surface area contributed by atoms with Crippen molar-refractivity contribution in [2.24, 2.45) is 0 Å². The zero-order chi connectivity index (χ0) is 20.3. The summed E-state index contributed by atoms with van der Waals surface area (Å²) in [6.07, 6.45) is 4.66. The van der Waals surface area contributed by atoms with Gasteiger partial charge in [-0.15, -0.1) is 0 Å². The number of rotatable bonds is 6. The van der Waals surface area contributed by atoms with E-state index in [9.17, 15) is 9.59 Å². The number of halogens is 1. The van der Waals surface area contributed by atoms with Crippen LogP contribution in [0.1, 0.15) is 31.3 Å². The molecule has 3 rings (SSSR count). The van der Waals surface area contributed by atoms with Crippen molar-refractivity contribution in [3.63, 3.8) is 0 Å². The van der Waals surface area contributed by atoms with Gasteiger partial charge in [-0.1, -0.05) is 29.8 Å². The molecule has 1 aromatic carbocycles. The van der Waals surface area contributed by atoms with Gasteiger partial charge >= 0.3 is 0 Å². The quantitative estimate of drug-likeness (QED) is 0.663. The van der Waals surface area contributed by atoms with E-state index in [4.69, 9.17) is 11.6 Å². The summed E-state index contributed by atoms with van der Waals surface area (Å²) >= 11 is 5.92. The van der Waals surface area contributed by atoms with Gasteiger partial charge in [-0.3, -0.25) is 19.0 Å². The second-order valence-corrected chi connectivity index (χ2v) is 7.12. The van der Waals surface area contributed by atoms with Crippen LogP contribution in [0.15, 0.2) is 48.9 Å². The molecule has 0 spiro atoms. The highest BCUT2D eigenvalue weighted by Crippen LogP contribution is 2.22. The zero-order valence-corrected chi connectivity index (χ0v) is 16.6.